The highest BCUT2D eigenvalue weighted by Crippen LogP contribution is 2.29. The van der Waals surface area contributed by atoms with Gasteiger partial charge in [-0.1, -0.05) is 48.0 Å². The number of fused-ring (bicyclic) bond motifs is 1. The van der Waals surface area contributed by atoms with Gasteiger partial charge in [0.1, 0.15) is 12.4 Å². The summed E-state index contributed by atoms with van der Waals surface area (Å²) in [5.41, 5.74) is 4.24. The molecule has 0 saturated heterocycles. The molecule has 5 aromatic rings. The van der Waals surface area contributed by atoms with E-state index in [-0.39, 0.29) is 5.88 Å². The number of pyridine rings is 1. The van der Waals surface area contributed by atoms with Gasteiger partial charge in [-0.2, -0.15) is 0 Å². The maximum absolute atomic E-state index is 11.4. The lowest BCUT2D eigenvalue weighted by Gasteiger charge is -2.10. The van der Waals surface area contributed by atoms with Crippen molar-refractivity contribution in [3.63, 3.8) is 0 Å². The topological polar surface area (TPSA) is 66.2 Å². The Morgan fingerprint density at radius 2 is 1.71 bits per heavy atom. The minimum absolute atomic E-state index is 0.222. The van der Waals surface area contributed by atoms with E-state index in [1.54, 1.807) is 22.9 Å². The molecule has 0 bridgehead atoms. The summed E-state index contributed by atoms with van der Waals surface area (Å²) >= 11 is 6.04. The van der Waals surface area contributed by atoms with Crippen molar-refractivity contribution in [1.82, 2.24) is 14.8 Å². The standard InChI is InChI=1S/C27H20ClN3O3/c1-18(32)34-27-16-26(20-6-9-21(28)10-7-20)31(30-27)23-12-14-24(15-13-23)33-17-22-11-8-19-4-2-3-5-25(19)29-22/h2-16H,17H2,1H3. The molecule has 168 valence electrons. The maximum Gasteiger partial charge on any atom is 0.309 e. The van der Waals surface area contributed by atoms with Gasteiger partial charge in [-0.15, -0.1) is 5.10 Å². The lowest BCUT2D eigenvalue weighted by atomic mass is 10.1. The normalized spacial score (nSPS) is 10.9. The van der Waals surface area contributed by atoms with E-state index in [0.717, 1.165) is 33.5 Å². The van der Waals surface area contributed by atoms with Gasteiger partial charge in [0, 0.05) is 29.0 Å². The Labute approximate surface area is 201 Å². The van der Waals surface area contributed by atoms with Crippen molar-refractivity contribution >= 4 is 28.5 Å². The second kappa shape index (κ2) is 9.37. The smallest absolute Gasteiger partial charge is 0.309 e. The van der Waals surface area contributed by atoms with Crippen LogP contribution in [-0.2, 0) is 11.4 Å². The number of esters is 1. The summed E-state index contributed by atoms with van der Waals surface area (Å²) < 4.78 is 12.9. The number of benzene rings is 3. The molecule has 0 N–H and O–H groups in total. The van der Waals surface area contributed by atoms with E-state index in [1.807, 2.05) is 72.8 Å². The van der Waals surface area contributed by atoms with Crippen molar-refractivity contribution in [1.29, 1.82) is 0 Å². The van der Waals surface area contributed by atoms with Crippen LogP contribution < -0.4 is 9.47 Å². The quantitative estimate of drug-likeness (QED) is 0.275. The van der Waals surface area contributed by atoms with E-state index >= 15 is 0 Å². The molecular formula is C27H20ClN3O3. The number of rotatable bonds is 6. The van der Waals surface area contributed by atoms with Gasteiger partial charge in [0.25, 0.3) is 0 Å². The van der Waals surface area contributed by atoms with E-state index in [0.29, 0.717) is 17.4 Å². The van der Waals surface area contributed by atoms with Gasteiger partial charge in [-0.25, -0.2) is 9.67 Å². The molecule has 6 nitrogen and oxygen atoms in total. The first-order chi connectivity index (χ1) is 16.5. The predicted octanol–water partition coefficient (Wildman–Crippen LogP) is 6.25. The van der Waals surface area contributed by atoms with E-state index in [2.05, 4.69) is 10.1 Å². The number of nitrogens with zero attached hydrogens (tertiary/aromatic N) is 3. The number of hydrogen-bond acceptors (Lipinski definition) is 5. The number of ether oxygens (including phenoxy) is 2. The SMILES string of the molecule is CC(=O)Oc1cc(-c2ccc(Cl)cc2)n(-c2ccc(OCc3ccc4ccccc4n3)cc2)n1. The fourth-order valence-corrected chi connectivity index (χ4v) is 3.74. The molecule has 0 amide bonds. The van der Waals surface area contributed by atoms with Gasteiger partial charge in [0.2, 0.25) is 5.88 Å². The third-order valence-corrected chi connectivity index (χ3v) is 5.45. The Kier molecular flexibility index (Phi) is 5.97. The highest BCUT2D eigenvalue weighted by molar-refractivity contribution is 6.30. The van der Waals surface area contributed by atoms with Crippen LogP contribution in [-0.4, -0.2) is 20.7 Å². The molecule has 0 saturated carbocycles. The molecule has 2 aromatic heterocycles. The molecule has 5 rings (SSSR count). The van der Waals surface area contributed by atoms with Crippen molar-refractivity contribution in [3.8, 4) is 28.6 Å². The Morgan fingerprint density at radius 1 is 0.941 bits per heavy atom. The van der Waals surface area contributed by atoms with Gasteiger partial charge >= 0.3 is 5.97 Å². The second-order valence-electron chi connectivity index (χ2n) is 7.66. The molecular weight excluding hydrogens is 450 g/mol. The van der Waals surface area contributed by atoms with Crippen molar-refractivity contribution in [2.75, 3.05) is 0 Å². The van der Waals surface area contributed by atoms with Crippen molar-refractivity contribution < 1.29 is 14.3 Å². The fourth-order valence-electron chi connectivity index (χ4n) is 3.61. The van der Waals surface area contributed by atoms with Crippen LogP contribution in [0.25, 0.3) is 27.8 Å². The second-order valence-corrected chi connectivity index (χ2v) is 8.09. The first kappa shape index (κ1) is 21.7. The van der Waals surface area contributed by atoms with Crippen molar-refractivity contribution in [2.24, 2.45) is 0 Å². The molecule has 0 radical (unpaired) electrons. The molecule has 0 fully saturated rings. The summed E-state index contributed by atoms with van der Waals surface area (Å²) in [7, 11) is 0. The highest BCUT2D eigenvalue weighted by atomic mass is 35.5. The predicted molar refractivity (Wildman–Crippen MR) is 131 cm³/mol. The summed E-state index contributed by atoms with van der Waals surface area (Å²) in [6.45, 7) is 1.70. The molecule has 0 atom stereocenters. The van der Waals surface area contributed by atoms with E-state index in [4.69, 9.17) is 21.1 Å². The monoisotopic (exact) mass is 469 g/mol. The molecule has 0 unspecified atom stereocenters. The van der Waals surface area contributed by atoms with Crippen LogP contribution in [0.3, 0.4) is 0 Å². The van der Waals surface area contributed by atoms with Gasteiger partial charge in [0.15, 0.2) is 0 Å². The number of para-hydroxylation sites is 1. The first-order valence-electron chi connectivity index (χ1n) is 10.7. The Bertz CT molecular complexity index is 1460. The molecule has 3 aromatic carbocycles. The molecule has 2 heterocycles. The van der Waals surface area contributed by atoms with E-state index in [1.165, 1.54) is 6.92 Å². The highest BCUT2D eigenvalue weighted by Gasteiger charge is 2.14. The largest absolute Gasteiger partial charge is 0.487 e. The zero-order valence-electron chi connectivity index (χ0n) is 18.3. The van der Waals surface area contributed by atoms with Gasteiger partial charge in [0.05, 0.1) is 22.6 Å². The van der Waals surface area contributed by atoms with Crippen LogP contribution in [0.15, 0.2) is 91.0 Å². The van der Waals surface area contributed by atoms with Crippen LogP contribution in [0.1, 0.15) is 12.6 Å². The summed E-state index contributed by atoms with van der Waals surface area (Å²) in [4.78, 5) is 16.1. The summed E-state index contributed by atoms with van der Waals surface area (Å²) in [6, 6.07) is 28.6. The third-order valence-electron chi connectivity index (χ3n) is 5.20. The number of carbonyl (C=O) groups excluding carboxylic acids is 1. The number of halogens is 1. The number of aromatic nitrogens is 3. The van der Waals surface area contributed by atoms with Gasteiger partial charge < -0.3 is 9.47 Å². The van der Waals surface area contributed by atoms with Gasteiger partial charge in [-0.3, -0.25) is 4.79 Å². The van der Waals surface area contributed by atoms with Gasteiger partial charge in [-0.05, 0) is 48.5 Å². The summed E-state index contributed by atoms with van der Waals surface area (Å²) in [5, 5.41) is 6.19. The number of carbonyl (C=O) groups is 1. The zero-order valence-corrected chi connectivity index (χ0v) is 19.1. The van der Waals surface area contributed by atoms with E-state index < -0.39 is 5.97 Å². The molecule has 0 aliphatic heterocycles. The maximum atomic E-state index is 11.4. The molecule has 7 heteroatoms. The first-order valence-corrected chi connectivity index (χ1v) is 11.1. The fraction of sp³-hybridized carbons (Fsp3) is 0.0741. The molecule has 0 aliphatic rings. The Balaban J connectivity index is 1.38. The van der Waals surface area contributed by atoms with Crippen molar-refractivity contribution in [2.45, 2.75) is 13.5 Å². The minimum Gasteiger partial charge on any atom is -0.487 e. The lowest BCUT2D eigenvalue weighted by Crippen LogP contribution is -2.03. The number of hydrogen-bond donors (Lipinski definition) is 0. The third kappa shape index (κ3) is 4.77. The van der Waals surface area contributed by atoms with Crippen LogP contribution in [0.2, 0.25) is 5.02 Å². The Hall–Kier alpha value is -4.16. The molecule has 0 spiro atoms. The van der Waals surface area contributed by atoms with Crippen LogP contribution >= 0.6 is 11.6 Å². The lowest BCUT2D eigenvalue weighted by molar-refractivity contribution is -0.132. The molecule has 0 aliphatic carbocycles. The summed E-state index contributed by atoms with van der Waals surface area (Å²) in [6.07, 6.45) is 0. The van der Waals surface area contributed by atoms with Crippen molar-refractivity contribution in [3.05, 3.63) is 102 Å². The zero-order chi connectivity index (χ0) is 23.5. The summed E-state index contributed by atoms with van der Waals surface area (Å²) in [5.74, 6) is 0.498. The van der Waals surface area contributed by atoms with Crippen LogP contribution in [0.5, 0.6) is 11.6 Å². The average molecular weight is 470 g/mol. The minimum atomic E-state index is -0.432. The molecule has 34 heavy (non-hydrogen) atoms. The van der Waals surface area contributed by atoms with Crippen LogP contribution in [0.4, 0.5) is 0 Å². The Morgan fingerprint density at radius 3 is 2.47 bits per heavy atom. The average Bonchev–Trinajstić information content (AvgIpc) is 3.26. The van der Waals surface area contributed by atoms with E-state index in [9.17, 15) is 4.79 Å². The van der Waals surface area contributed by atoms with Crippen LogP contribution in [0, 0.1) is 0 Å².